The van der Waals surface area contributed by atoms with Crippen LogP contribution in [0.3, 0.4) is 0 Å². The Balaban J connectivity index is 1.76. The summed E-state index contributed by atoms with van der Waals surface area (Å²) < 4.78 is 1.79. The first kappa shape index (κ1) is 13.5. The van der Waals surface area contributed by atoms with Crippen molar-refractivity contribution < 1.29 is 0 Å². The zero-order chi connectivity index (χ0) is 14.9. The third kappa shape index (κ3) is 2.41. The zero-order valence-electron chi connectivity index (χ0n) is 12.0. The minimum absolute atomic E-state index is 0.507. The molecule has 0 unspecified atom stereocenters. The highest BCUT2D eigenvalue weighted by atomic mass is 35.5. The van der Waals surface area contributed by atoms with Crippen molar-refractivity contribution in [3.63, 3.8) is 0 Å². The molecule has 1 aromatic carbocycles. The molecule has 0 bridgehead atoms. The molecule has 0 atom stereocenters. The summed E-state index contributed by atoms with van der Waals surface area (Å²) in [6.07, 6.45) is 8.37. The van der Waals surface area contributed by atoms with E-state index < -0.39 is 0 Å². The van der Waals surface area contributed by atoms with Gasteiger partial charge in [-0.1, -0.05) is 30.5 Å². The molecule has 1 aliphatic rings. The van der Waals surface area contributed by atoms with E-state index in [0.29, 0.717) is 11.1 Å². The van der Waals surface area contributed by atoms with Crippen molar-refractivity contribution in [1.29, 1.82) is 0 Å². The molecule has 0 aliphatic heterocycles. The van der Waals surface area contributed by atoms with Crippen LogP contribution in [0.1, 0.15) is 25.7 Å². The summed E-state index contributed by atoms with van der Waals surface area (Å²) in [6.45, 7) is 0. The topological polar surface area (TPSA) is 55.6 Å². The van der Waals surface area contributed by atoms with E-state index in [4.69, 9.17) is 11.6 Å². The van der Waals surface area contributed by atoms with Crippen molar-refractivity contribution in [1.82, 2.24) is 19.7 Å². The molecule has 0 amide bonds. The molecule has 22 heavy (non-hydrogen) atoms. The number of nitrogens with one attached hydrogen (secondary N) is 1. The first-order chi connectivity index (χ1) is 10.8. The number of hydrogen-bond acceptors (Lipinski definition) is 4. The van der Waals surface area contributed by atoms with E-state index >= 15 is 0 Å². The molecule has 1 aliphatic carbocycles. The number of rotatable bonds is 3. The number of fused-ring (bicyclic) bond motifs is 1. The quantitative estimate of drug-likeness (QED) is 0.798. The highest BCUT2D eigenvalue weighted by molar-refractivity contribution is 6.30. The van der Waals surface area contributed by atoms with Gasteiger partial charge in [0.25, 0.3) is 0 Å². The first-order valence-corrected chi connectivity index (χ1v) is 7.90. The number of aromatic nitrogens is 4. The lowest BCUT2D eigenvalue weighted by molar-refractivity contribution is 0.751. The predicted octanol–water partition coefficient (Wildman–Crippen LogP) is 3.82. The molecule has 0 radical (unpaired) electrons. The molecule has 2 heterocycles. The summed E-state index contributed by atoms with van der Waals surface area (Å²) in [5, 5.41) is 9.61. The Hall–Kier alpha value is -2.14. The molecule has 3 aromatic rings. The Morgan fingerprint density at radius 3 is 2.86 bits per heavy atom. The van der Waals surface area contributed by atoms with Crippen LogP contribution >= 0.6 is 11.6 Å². The summed E-state index contributed by atoms with van der Waals surface area (Å²) in [5.41, 5.74) is 1.69. The minimum Gasteiger partial charge on any atom is -0.367 e. The summed E-state index contributed by atoms with van der Waals surface area (Å²) in [4.78, 5) is 8.78. The van der Waals surface area contributed by atoms with Crippen LogP contribution in [0.4, 0.5) is 5.82 Å². The highest BCUT2D eigenvalue weighted by Gasteiger charge is 2.18. The molecule has 4 rings (SSSR count). The molecule has 112 valence electrons. The van der Waals surface area contributed by atoms with Gasteiger partial charge in [-0.05, 0) is 31.0 Å². The van der Waals surface area contributed by atoms with E-state index in [9.17, 15) is 0 Å². The third-order valence-corrected chi connectivity index (χ3v) is 4.35. The molecular weight excluding hydrogens is 298 g/mol. The second-order valence-corrected chi connectivity index (χ2v) is 6.06. The van der Waals surface area contributed by atoms with Crippen molar-refractivity contribution in [2.45, 2.75) is 31.7 Å². The molecule has 5 nitrogen and oxygen atoms in total. The van der Waals surface area contributed by atoms with E-state index in [2.05, 4.69) is 20.4 Å². The predicted molar refractivity (Wildman–Crippen MR) is 87.5 cm³/mol. The van der Waals surface area contributed by atoms with Crippen molar-refractivity contribution in [2.75, 3.05) is 5.32 Å². The van der Waals surface area contributed by atoms with E-state index in [-0.39, 0.29) is 0 Å². The Labute approximate surface area is 133 Å². The number of halogens is 1. The second kappa shape index (κ2) is 5.57. The lowest BCUT2D eigenvalue weighted by atomic mass is 10.2. The normalized spacial score (nSPS) is 15.5. The molecule has 2 aromatic heterocycles. The number of benzene rings is 1. The lowest BCUT2D eigenvalue weighted by Crippen LogP contribution is -2.15. The SMILES string of the molecule is Clc1cccc(-n2ncc3c(NC4CCCC4)ncnc32)c1. The lowest BCUT2D eigenvalue weighted by Gasteiger charge is -2.12. The molecule has 0 saturated heterocycles. The number of nitrogens with zero attached hydrogens (tertiary/aromatic N) is 4. The minimum atomic E-state index is 0.507. The van der Waals surface area contributed by atoms with Gasteiger partial charge in [-0.25, -0.2) is 14.6 Å². The van der Waals surface area contributed by atoms with Crippen molar-refractivity contribution in [3.8, 4) is 5.69 Å². The maximum Gasteiger partial charge on any atom is 0.168 e. The maximum absolute atomic E-state index is 6.07. The first-order valence-electron chi connectivity index (χ1n) is 7.52. The smallest absolute Gasteiger partial charge is 0.168 e. The summed E-state index contributed by atoms with van der Waals surface area (Å²) in [7, 11) is 0. The van der Waals surface area contributed by atoms with Crippen LogP contribution in [0.2, 0.25) is 5.02 Å². The second-order valence-electron chi connectivity index (χ2n) is 5.62. The van der Waals surface area contributed by atoms with Gasteiger partial charge in [0.15, 0.2) is 5.65 Å². The highest BCUT2D eigenvalue weighted by Crippen LogP contribution is 2.26. The van der Waals surface area contributed by atoms with E-state index in [1.54, 1.807) is 11.0 Å². The van der Waals surface area contributed by atoms with Gasteiger partial charge in [0.2, 0.25) is 0 Å². The van der Waals surface area contributed by atoms with Crippen LogP contribution in [-0.2, 0) is 0 Å². The van der Waals surface area contributed by atoms with Gasteiger partial charge in [0, 0.05) is 11.1 Å². The molecule has 0 spiro atoms. The molecule has 1 saturated carbocycles. The number of anilines is 1. The molecule has 1 N–H and O–H groups in total. The van der Waals surface area contributed by atoms with Gasteiger partial charge in [-0.3, -0.25) is 0 Å². The molecule has 6 heteroatoms. The van der Waals surface area contributed by atoms with Crippen molar-refractivity contribution >= 4 is 28.5 Å². The Bertz CT molecular complexity index is 807. The average Bonchev–Trinajstić information content (AvgIpc) is 3.17. The Morgan fingerprint density at radius 2 is 2.05 bits per heavy atom. The van der Waals surface area contributed by atoms with Crippen LogP contribution in [0.15, 0.2) is 36.8 Å². The van der Waals surface area contributed by atoms with Crippen LogP contribution in [0, 0.1) is 0 Å². The average molecular weight is 314 g/mol. The molecular formula is C16H16ClN5. The standard InChI is InChI=1S/C16H16ClN5/c17-11-4-3-7-13(8-11)22-16-14(9-20-22)15(18-10-19-16)21-12-5-1-2-6-12/h3-4,7-10,12H,1-2,5-6H2,(H,18,19,21). The third-order valence-electron chi connectivity index (χ3n) is 4.11. The maximum atomic E-state index is 6.07. The van der Waals surface area contributed by atoms with Gasteiger partial charge in [0.1, 0.15) is 12.1 Å². The van der Waals surface area contributed by atoms with Crippen molar-refractivity contribution in [2.24, 2.45) is 0 Å². The monoisotopic (exact) mass is 313 g/mol. The van der Waals surface area contributed by atoms with Crippen LogP contribution in [0.5, 0.6) is 0 Å². The summed E-state index contributed by atoms with van der Waals surface area (Å²) in [5.74, 6) is 0.866. The van der Waals surface area contributed by atoms with Crippen LogP contribution in [0.25, 0.3) is 16.7 Å². The van der Waals surface area contributed by atoms with Gasteiger partial charge in [-0.2, -0.15) is 5.10 Å². The zero-order valence-corrected chi connectivity index (χ0v) is 12.8. The van der Waals surface area contributed by atoms with Crippen LogP contribution in [-0.4, -0.2) is 25.8 Å². The fourth-order valence-electron chi connectivity index (χ4n) is 3.02. The van der Waals surface area contributed by atoms with Crippen LogP contribution < -0.4 is 5.32 Å². The summed E-state index contributed by atoms with van der Waals surface area (Å²) >= 11 is 6.07. The fraction of sp³-hybridized carbons (Fsp3) is 0.312. The fourth-order valence-corrected chi connectivity index (χ4v) is 3.20. The Morgan fingerprint density at radius 1 is 1.18 bits per heavy atom. The number of hydrogen-bond donors (Lipinski definition) is 1. The van der Waals surface area contributed by atoms with E-state index in [1.165, 1.54) is 25.7 Å². The summed E-state index contributed by atoms with van der Waals surface area (Å²) in [6, 6.07) is 8.10. The van der Waals surface area contributed by atoms with E-state index in [1.807, 2.05) is 30.5 Å². The van der Waals surface area contributed by atoms with E-state index in [0.717, 1.165) is 22.5 Å². The van der Waals surface area contributed by atoms with Crippen molar-refractivity contribution in [3.05, 3.63) is 41.8 Å². The largest absolute Gasteiger partial charge is 0.367 e. The molecule has 1 fully saturated rings. The van der Waals surface area contributed by atoms with Gasteiger partial charge in [-0.15, -0.1) is 0 Å². The Kier molecular flexibility index (Phi) is 3.42. The van der Waals surface area contributed by atoms with Gasteiger partial charge < -0.3 is 5.32 Å². The van der Waals surface area contributed by atoms with Gasteiger partial charge >= 0.3 is 0 Å². The van der Waals surface area contributed by atoms with Gasteiger partial charge in [0.05, 0.1) is 17.3 Å².